The number of nitrogens with zero attached hydrogens (tertiary/aromatic N) is 1. The molecule has 0 radical (unpaired) electrons. The number of pyridine rings is 1. The third-order valence-electron chi connectivity index (χ3n) is 2.46. The first-order valence-electron chi connectivity index (χ1n) is 5.58. The maximum absolute atomic E-state index is 11.8. The molecule has 0 aliphatic carbocycles. The first-order valence-corrected chi connectivity index (χ1v) is 5.96. The second-order valence-electron chi connectivity index (χ2n) is 3.80. The van der Waals surface area contributed by atoms with Crippen molar-refractivity contribution in [2.45, 2.75) is 0 Å². The number of rotatable bonds is 4. The van der Waals surface area contributed by atoms with Crippen molar-refractivity contribution in [3.05, 3.63) is 71.5 Å². The van der Waals surface area contributed by atoms with Gasteiger partial charge in [0.2, 0.25) is 0 Å². The van der Waals surface area contributed by atoms with Gasteiger partial charge in [0, 0.05) is 23.0 Å². The summed E-state index contributed by atoms with van der Waals surface area (Å²) < 4.78 is 0. The molecule has 0 bridgehead atoms. The molecule has 1 aromatic heterocycles. The number of hydrazine groups is 1. The van der Waals surface area contributed by atoms with Crippen LogP contribution in [0, 0.1) is 0 Å². The topological polar surface area (TPSA) is 54.0 Å². The van der Waals surface area contributed by atoms with Crippen LogP contribution in [-0.4, -0.2) is 10.9 Å². The van der Waals surface area contributed by atoms with Gasteiger partial charge in [-0.05, 0) is 29.8 Å². The lowest BCUT2D eigenvalue weighted by molar-refractivity contribution is 0.0942. The van der Waals surface area contributed by atoms with Crippen LogP contribution in [0.2, 0.25) is 5.02 Å². The normalized spacial score (nSPS) is 9.74. The number of hydrogen-bond acceptors (Lipinski definition) is 3. The molecule has 0 aliphatic rings. The third kappa shape index (κ3) is 3.56. The summed E-state index contributed by atoms with van der Waals surface area (Å²) in [5, 5.41) is 0.650. The molecule has 1 amide bonds. The number of hydrogen-bond donors (Lipinski definition) is 2. The molecule has 1 aromatic carbocycles. The van der Waals surface area contributed by atoms with Crippen molar-refractivity contribution in [3.63, 3.8) is 0 Å². The van der Waals surface area contributed by atoms with Crippen molar-refractivity contribution in [3.8, 4) is 0 Å². The van der Waals surface area contributed by atoms with Crippen LogP contribution in [0.5, 0.6) is 0 Å². The molecule has 2 aromatic rings. The predicted octanol–water partition coefficient (Wildman–Crippen LogP) is 2.64. The molecule has 2 rings (SSSR count). The zero-order chi connectivity index (χ0) is 13.7. The number of carbonyl (C=O) groups is 1. The second-order valence-corrected chi connectivity index (χ2v) is 4.24. The van der Waals surface area contributed by atoms with Gasteiger partial charge in [0.05, 0.1) is 5.70 Å². The molecule has 0 aliphatic heterocycles. The summed E-state index contributed by atoms with van der Waals surface area (Å²) in [6, 6.07) is 10.4. The molecule has 0 unspecified atom stereocenters. The van der Waals surface area contributed by atoms with Crippen LogP contribution in [0.1, 0.15) is 15.9 Å². The van der Waals surface area contributed by atoms with E-state index in [1.54, 1.807) is 36.7 Å². The molecule has 4 nitrogen and oxygen atoms in total. The zero-order valence-electron chi connectivity index (χ0n) is 10.1. The highest BCUT2D eigenvalue weighted by molar-refractivity contribution is 6.30. The van der Waals surface area contributed by atoms with E-state index < -0.39 is 0 Å². The average Bonchev–Trinajstić information content (AvgIpc) is 2.46. The standard InChI is InChI=1S/C14H12ClN3O/c1-10(11-2-4-13(15)5-3-11)17-18-14(19)12-6-8-16-9-7-12/h2-9,17H,1H2,(H,18,19). The Hall–Kier alpha value is -2.33. The second kappa shape index (κ2) is 6.02. The van der Waals surface area contributed by atoms with Crippen LogP contribution >= 0.6 is 11.6 Å². The van der Waals surface area contributed by atoms with E-state index in [4.69, 9.17) is 11.6 Å². The Morgan fingerprint density at radius 3 is 2.26 bits per heavy atom. The molecule has 0 atom stereocenters. The van der Waals surface area contributed by atoms with Crippen LogP contribution in [-0.2, 0) is 0 Å². The minimum Gasteiger partial charge on any atom is -0.298 e. The van der Waals surface area contributed by atoms with E-state index in [1.807, 2.05) is 12.1 Å². The van der Waals surface area contributed by atoms with Crippen LogP contribution in [0.3, 0.4) is 0 Å². The minimum atomic E-state index is -0.252. The molecule has 96 valence electrons. The Bertz CT molecular complexity index is 581. The fourth-order valence-corrected chi connectivity index (χ4v) is 1.56. The van der Waals surface area contributed by atoms with Gasteiger partial charge in [-0.2, -0.15) is 0 Å². The lowest BCUT2D eigenvalue weighted by Gasteiger charge is -2.11. The summed E-state index contributed by atoms with van der Waals surface area (Å²) in [6.45, 7) is 3.84. The summed E-state index contributed by atoms with van der Waals surface area (Å²) in [6.07, 6.45) is 3.12. The number of nitrogens with one attached hydrogen (secondary N) is 2. The van der Waals surface area contributed by atoms with Crippen LogP contribution in [0.15, 0.2) is 55.4 Å². The van der Waals surface area contributed by atoms with E-state index in [-0.39, 0.29) is 5.91 Å². The Morgan fingerprint density at radius 1 is 1.00 bits per heavy atom. The maximum atomic E-state index is 11.8. The Kier molecular flexibility index (Phi) is 4.15. The largest absolute Gasteiger partial charge is 0.298 e. The van der Waals surface area contributed by atoms with Gasteiger partial charge in [0.25, 0.3) is 5.91 Å². The molecule has 0 saturated carbocycles. The van der Waals surface area contributed by atoms with Crippen molar-refractivity contribution < 1.29 is 4.79 Å². The SMILES string of the molecule is C=C(NNC(=O)c1ccncc1)c1ccc(Cl)cc1. The molecule has 1 heterocycles. The van der Waals surface area contributed by atoms with Gasteiger partial charge in [-0.1, -0.05) is 30.3 Å². The van der Waals surface area contributed by atoms with Gasteiger partial charge in [0.15, 0.2) is 0 Å². The van der Waals surface area contributed by atoms with E-state index in [2.05, 4.69) is 22.4 Å². The van der Waals surface area contributed by atoms with E-state index >= 15 is 0 Å². The summed E-state index contributed by atoms with van der Waals surface area (Å²) in [5.74, 6) is -0.252. The Morgan fingerprint density at radius 2 is 1.63 bits per heavy atom. The first kappa shape index (κ1) is 13.1. The van der Waals surface area contributed by atoms with Crippen LogP contribution in [0.4, 0.5) is 0 Å². The van der Waals surface area contributed by atoms with Crippen molar-refractivity contribution in [1.82, 2.24) is 15.8 Å². The molecule has 0 saturated heterocycles. The highest BCUT2D eigenvalue weighted by Gasteiger charge is 2.04. The highest BCUT2D eigenvalue weighted by atomic mass is 35.5. The number of amides is 1. The van der Waals surface area contributed by atoms with Crippen molar-refractivity contribution in [1.29, 1.82) is 0 Å². The summed E-state index contributed by atoms with van der Waals surface area (Å²) in [7, 11) is 0. The minimum absolute atomic E-state index is 0.252. The van der Waals surface area contributed by atoms with E-state index in [1.165, 1.54) is 0 Å². The molecule has 0 fully saturated rings. The Labute approximate surface area is 116 Å². The van der Waals surface area contributed by atoms with Crippen LogP contribution < -0.4 is 10.9 Å². The lowest BCUT2D eigenvalue weighted by Crippen LogP contribution is -2.35. The van der Waals surface area contributed by atoms with Crippen LogP contribution in [0.25, 0.3) is 5.70 Å². The molecule has 5 heteroatoms. The fraction of sp³-hybridized carbons (Fsp3) is 0. The molecule has 19 heavy (non-hydrogen) atoms. The quantitative estimate of drug-likeness (QED) is 0.842. The van der Waals surface area contributed by atoms with E-state index in [0.717, 1.165) is 5.56 Å². The first-order chi connectivity index (χ1) is 9.16. The fourth-order valence-electron chi connectivity index (χ4n) is 1.43. The van der Waals surface area contributed by atoms with E-state index in [0.29, 0.717) is 16.3 Å². The predicted molar refractivity (Wildman–Crippen MR) is 75.3 cm³/mol. The van der Waals surface area contributed by atoms with Gasteiger partial charge < -0.3 is 0 Å². The monoisotopic (exact) mass is 273 g/mol. The number of benzene rings is 1. The summed E-state index contributed by atoms with van der Waals surface area (Å²) in [5.41, 5.74) is 7.27. The van der Waals surface area contributed by atoms with Gasteiger partial charge in [-0.25, -0.2) is 0 Å². The zero-order valence-corrected chi connectivity index (χ0v) is 10.8. The third-order valence-corrected chi connectivity index (χ3v) is 2.71. The van der Waals surface area contributed by atoms with Gasteiger partial charge in [0.1, 0.15) is 0 Å². The number of halogens is 1. The molecular formula is C14H12ClN3O. The van der Waals surface area contributed by atoms with Crippen molar-refractivity contribution in [2.24, 2.45) is 0 Å². The lowest BCUT2D eigenvalue weighted by atomic mass is 10.2. The van der Waals surface area contributed by atoms with Gasteiger partial charge >= 0.3 is 0 Å². The van der Waals surface area contributed by atoms with Gasteiger partial charge in [-0.3, -0.25) is 20.6 Å². The molecular weight excluding hydrogens is 262 g/mol. The van der Waals surface area contributed by atoms with Gasteiger partial charge in [-0.15, -0.1) is 0 Å². The molecule has 0 spiro atoms. The summed E-state index contributed by atoms with van der Waals surface area (Å²) in [4.78, 5) is 15.6. The van der Waals surface area contributed by atoms with Crippen molar-refractivity contribution >= 4 is 23.2 Å². The maximum Gasteiger partial charge on any atom is 0.269 e. The number of carbonyl (C=O) groups excluding carboxylic acids is 1. The highest BCUT2D eigenvalue weighted by Crippen LogP contribution is 2.13. The smallest absolute Gasteiger partial charge is 0.269 e. The Balaban J connectivity index is 1.94. The van der Waals surface area contributed by atoms with Crippen molar-refractivity contribution in [2.75, 3.05) is 0 Å². The summed E-state index contributed by atoms with van der Waals surface area (Å²) >= 11 is 5.80. The molecule has 2 N–H and O–H groups in total. The van der Waals surface area contributed by atoms with E-state index in [9.17, 15) is 4.79 Å². The average molecular weight is 274 g/mol. The number of aromatic nitrogens is 1.